The second-order valence-corrected chi connectivity index (χ2v) is 37.7. The van der Waals surface area contributed by atoms with Crippen LogP contribution in [0.25, 0.3) is 62.4 Å². The van der Waals surface area contributed by atoms with Crippen LogP contribution < -0.4 is 53.1 Å². The van der Waals surface area contributed by atoms with E-state index in [2.05, 4.69) is 71.3 Å². The van der Waals surface area contributed by atoms with Crippen molar-refractivity contribution in [2.24, 2.45) is 0 Å². The molecule has 2 amide bonds. The van der Waals surface area contributed by atoms with Crippen LogP contribution in [-0.4, -0.2) is 212 Å². The lowest BCUT2D eigenvalue weighted by Crippen LogP contribution is -2.47. The van der Waals surface area contributed by atoms with Crippen LogP contribution in [0, 0.1) is 0 Å². The van der Waals surface area contributed by atoms with Gasteiger partial charge in [-0.1, -0.05) is 74.5 Å². The van der Waals surface area contributed by atoms with Crippen molar-refractivity contribution in [1.82, 2.24) is 85.2 Å². The van der Waals surface area contributed by atoms with Gasteiger partial charge in [-0.05, 0) is 230 Å². The lowest BCUT2D eigenvalue weighted by Gasteiger charge is -2.35. The van der Waals surface area contributed by atoms with E-state index in [0.717, 1.165) is 178 Å². The summed E-state index contributed by atoms with van der Waals surface area (Å²) < 4.78 is 14.3. The molecule has 6 saturated heterocycles. The predicted octanol–water partition coefficient (Wildman–Crippen LogP) is 16.2. The highest BCUT2D eigenvalue weighted by molar-refractivity contribution is 7.22. The lowest BCUT2D eigenvalue weighted by molar-refractivity contribution is 0.0196. The van der Waals surface area contributed by atoms with Gasteiger partial charge in [0.05, 0.1) is 30.6 Å². The number of hydrogen-bond donors (Lipinski definition) is 10. The van der Waals surface area contributed by atoms with E-state index in [0.29, 0.717) is 87.0 Å². The first-order chi connectivity index (χ1) is 63.5. The number of benzene rings is 3. The van der Waals surface area contributed by atoms with Gasteiger partial charge < -0.3 is 80.7 Å². The Morgan fingerprint density at radius 2 is 0.748 bits per heavy atom. The number of para-hydroxylation sites is 3. The molecule has 35 heteroatoms. The van der Waals surface area contributed by atoms with Gasteiger partial charge in [0, 0.05) is 132 Å². The average Bonchev–Trinajstić information content (AvgIpc) is 1.65. The fourth-order valence-corrected chi connectivity index (χ4v) is 19.2. The molecule has 10 aromatic heterocycles. The SMILES string of the molecule is CB(O)O.CC.CC(C)(C)OC(=O)N1CCC[C@@H](Nc2nc(C3CCN(c4ccccn4)CC3)[nH]c(=O)c2-c2nc3ccccc3s2)C1.CC(C)(C)OC(=O)N1CCC[C@@H](Nc2nc(C3CCNCC3)[nH]c(=O)c2-c2nc3ccccc3s2)C1.O=c1[nH]c(C2CCN(c3ccccn3)CC2)nc(N[C@@H]2CCCNC2)c1-c1nc2ccccc2s1.c1ccncc1.c1ccncc1. The highest BCUT2D eigenvalue weighted by atomic mass is 32.1. The Morgan fingerprint density at radius 1 is 0.412 bits per heavy atom. The molecule has 6 aliphatic rings. The number of thiazole rings is 3. The van der Waals surface area contributed by atoms with Gasteiger partial charge in [-0.3, -0.25) is 24.4 Å². The fourth-order valence-electron chi connectivity index (χ4n) is 16.2. The summed E-state index contributed by atoms with van der Waals surface area (Å²) in [7, 11) is -1.17. The van der Waals surface area contributed by atoms with Gasteiger partial charge in [0.25, 0.3) is 16.7 Å². The number of pyridine rings is 4. The molecule has 3 atom stereocenters. The van der Waals surface area contributed by atoms with Crippen molar-refractivity contribution < 1.29 is 29.1 Å². The first kappa shape index (κ1) is 96.6. The number of rotatable bonds is 14. The maximum atomic E-state index is 13.8. The molecular weight excluding hydrogens is 1710 g/mol. The summed E-state index contributed by atoms with van der Waals surface area (Å²) in [4.78, 5) is 130. The van der Waals surface area contributed by atoms with Crippen LogP contribution in [0.4, 0.5) is 38.7 Å². The number of aromatic nitrogens is 13. The highest BCUT2D eigenvalue weighted by Gasteiger charge is 2.35. The summed E-state index contributed by atoms with van der Waals surface area (Å²) in [6.07, 6.45) is 21.0. The van der Waals surface area contributed by atoms with Crippen molar-refractivity contribution in [3.05, 3.63) is 231 Å². The molecular formula is C96H121BN22O9S3. The van der Waals surface area contributed by atoms with E-state index in [4.69, 9.17) is 49.4 Å². The van der Waals surface area contributed by atoms with E-state index in [1.165, 1.54) is 40.8 Å². The largest absolute Gasteiger partial charge is 0.448 e. The van der Waals surface area contributed by atoms with Crippen molar-refractivity contribution in [2.45, 2.75) is 186 Å². The molecule has 13 aromatic rings. The van der Waals surface area contributed by atoms with Gasteiger partial charge in [0.2, 0.25) is 0 Å². The molecule has 690 valence electrons. The van der Waals surface area contributed by atoms with Crippen LogP contribution in [0.3, 0.4) is 0 Å². The maximum absolute atomic E-state index is 13.8. The smallest absolute Gasteiger partial charge is 0.444 e. The third kappa shape index (κ3) is 27.8. The van der Waals surface area contributed by atoms with Crippen LogP contribution in [0.1, 0.15) is 168 Å². The molecule has 31 nitrogen and oxygen atoms in total. The molecule has 0 aliphatic carbocycles. The van der Waals surface area contributed by atoms with Crippen molar-refractivity contribution in [3.63, 3.8) is 0 Å². The molecule has 10 N–H and O–H groups in total. The summed E-state index contributed by atoms with van der Waals surface area (Å²) in [5, 5.41) is 34.7. The minimum atomic E-state index is -1.17. The third-order valence-corrected chi connectivity index (χ3v) is 25.5. The molecule has 16 heterocycles. The van der Waals surface area contributed by atoms with Gasteiger partial charge in [-0.2, -0.15) is 0 Å². The summed E-state index contributed by atoms with van der Waals surface area (Å²) in [6.45, 7) is 25.9. The van der Waals surface area contributed by atoms with Gasteiger partial charge in [-0.25, -0.2) is 49.5 Å². The van der Waals surface area contributed by atoms with E-state index in [9.17, 15) is 24.0 Å². The van der Waals surface area contributed by atoms with Crippen molar-refractivity contribution in [1.29, 1.82) is 0 Å². The van der Waals surface area contributed by atoms with Crippen molar-refractivity contribution in [3.8, 4) is 31.7 Å². The number of fused-ring (bicyclic) bond motifs is 3. The quantitative estimate of drug-likeness (QED) is 0.0452. The number of aromatic amines is 3. The van der Waals surface area contributed by atoms with Crippen LogP contribution in [-0.2, 0) is 9.47 Å². The molecule has 0 unspecified atom stereocenters. The highest BCUT2D eigenvalue weighted by Crippen LogP contribution is 2.39. The molecule has 0 bridgehead atoms. The predicted molar refractivity (Wildman–Crippen MR) is 526 cm³/mol. The number of nitrogens with zero attached hydrogens (tertiary/aromatic N) is 14. The van der Waals surface area contributed by atoms with E-state index in [1.807, 2.05) is 213 Å². The monoisotopic (exact) mass is 1830 g/mol. The van der Waals surface area contributed by atoms with E-state index < -0.39 is 18.3 Å². The Morgan fingerprint density at radius 3 is 1.06 bits per heavy atom. The molecule has 6 fully saturated rings. The first-order valence-electron chi connectivity index (χ1n) is 45.5. The second kappa shape index (κ2) is 47.2. The van der Waals surface area contributed by atoms with E-state index >= 15 is 0 Å². The number of amides is 2. The van der Waals surface area contributed by atoms with Crippen LogP contribution in [0.5, 0.6) is 0 Å². The zero-order valence-electron chi connectivity index (χ0n) is 76.1. The minimum Gasteiger partial charge on any atom is -0.444 e. The third-order valence-electron chi connectivity index (χ3n) is 22.4. The van der Waals surface area contributed by atoms with E-state index in [1.54, 1.807) is 34.6 Å². The van der Waals surface area contributed by atoms with Crippen LogP contribution >= 0.6 is 34.0 Å². The number of hydrogen-bond acceptors (Lipinski definition) is 29. The topological polar surface area (TPSA) is 394 Å². The number of ether oxygens (including phenoxy) is 2. The number of anilines is 5. The number of likely N-dealkylation sites (tertiary alicyclic amines) is 2. The first-order valence-corrected chi connectivity index (χ1v) is 48.0. The van der Waals surface area contributed by atoms with Gasteiger partial charge in [-0.15, -0.1) is 34.0 Å². The Bertz CT molecular complexity index is 5750. The summed E-state index contributed by atoms with van der Waals surface area (Å²) in [5.41, 5.74) is 2.46. The second-order valence-electron chi connectivity index (χ2n) is 34.6. The van der Waals surface area contributed by atoms with Gasteiger partial charge in [0.1, 0.15) is 89.5 Å². The molecule has 6 aliphatic heterocycles. The average molecular weight is 1830 g/mol. The normalized spacial score (nSPS) is 17.3. The van der Waals surface area contributed by atoms with Gasteiger partial charge >= 0.3 is 19.3 Å². The Labute approximate surface area is 776 Å². The van der Waals surface area contributed by atoms with Crippen LogP contribution in [0.15, 0.2) is 197 Å². The van der Waals surface area contributed by atoms with Gasteiger partial charge in [0.15, 0.2) is 0 Å². The van der Waals surface area contributed by atoms with Crippen molar-refractivity contribution in [2.75, 3.05) is 104 Å². The number of nitrogens with one attached hydrogen (secondary N) is 8. The Balaban J connectivity index is 0.000000153. The molecule has 0 spiro atoms. The zero-order chi connectivity index (χ0) is 92.2. The summed E-state index contributed by atoms with van der Waals surface area (Å²) in [5.74, 6) is 6.40. The number of carbonyl (C=O) groups excluding carboxylic acids is 2. The zero-order valence-corrected chi connectivity index (χ0v) is 78.5. The summed E-state index contributed by atoms with van der Waals surface area (Å²) in [6, 6.07) is 47.3. The van der Waals surface area contributed by atoms with Crippen LogP contribution in [0.2, 0.25) is 6.82 Å². The number of carbonyl (C=O) groups is 2. The molecule has 131 heavy (non-hydrogen) atoms. The standard InChI is InChI=1S/C31H37N7O3S.C26H29N7OS.C26H34N6O3S.2C5H5N.C2H6.CH5BO2/c1-31(2,3)41-30(40)38-16-8-9-21(19-38)33-27-25(29-34-22-10-4-5-11-23(22)42-29)28(39)36-26(35-27)20-13-17-37(18-14-20)24-12-6-7-15-32-24;34-25-22(26-30-19-7-1-2-8-20(19)35-26)24(29-18-6-5-12-27-16-18)31-23(32-25)17-10-14-33(15-11-17)21-9-3-4-13-28-21;1-26(2,3)35-25(34)32-14-6-7-17(15-32)28-22-20(24-29-18-8-4-5-9-19(18)36-24)23(33)31-21(30-22)16-10-12-27-13-11-16;2*1-2-4-6-5-3-1;1-2;1-2(3)4/h4-7,10-12,15,20-21H,8-9,13-14,16-19H2,1-3H3,(H2,33,35,36,39);1-4,7-9,13,17-18,27H,5-6,10-12,14-16H2,(H2,29,31,32,34);4-5,8-9,16-17,27H,6-7,10-15H2,1-3H3,(H2,28,30,31,33);2*1-5H;1-2H3;3-4H,1H3/t21-;18-;17-;;;;/m111..../s1. The summed E-state index contributed by atoms with van der Waals surface area (Å²) >= 11 is 4.51. The maximum Gasteiger partial charge on any atom is 0.448 e. The Hall–Kier alpha value is -12.0. The molecule has 3 aromatic carbocycles. The number of H-pyrrole nitrogens is 3. The minimum absolute atomic E-state index is 0.0467. The van der Waals surface area contributed by atoms with Crippen molar-refractivity contribution >= 4 is 113 Å². The molecule has 0 saturated carbocycles. The molecule has 0 radical (unpaired) electrons. The van der Waals surface area contributed by atoms with E-state index in [-0.39, 0.29) is 64.7 Å². The number of piperidine rings is 6. The lowest BCUT2D eigenvalue weighted by atomic mass is 9.95. The Kier molecular flexibility index (Phi) is 34.8. The molecule has 19 rings (SSSR count). The fraction of sp³-hybridized carbons (Fsp3) is 0.427.